The van der Waals surface area contributed by atoms with Crippen LogP contribution in [0, 0.1) is 5.92 Å². The van der Waals surface area contributed by atoms with E-state index in [1.165, 1.54) is 0 Å². The molecule has 1 atom stereocenters. The molecule has 0 aromatic heterocycles. The monoisotopic (exact) mass is 257 g/mol. The van der Waals surface area contributed by atoms with Gasteiger partial charge in [0.25, 0.3) is 0 Å². The zero-order valence-electron chi connectivity index (χ0n) is 11.1. The maximum atomic E-state index is 11.8. The van der Waals surface area contributed by atoms with Gasteiger partial charge in [-0.05, 0) is 5.92 Å². The molecule has 1 heterocycles. The lowest BCUT2D eigenvalue weighted by molar-refractivity contribution is -0.135. The number of morpholine rings is 1. The minimum absolute atomic E-state index is 0.0525. The Bertz CT molecular complexity index is 288. The zero-order chi connectivity index (χ0) is 13.5. The van der Waals surface area contributed by atoms with E-state index in [4.69, 9.17) is 10.5 Å². The highest BCUT2D eigenvalue weighted by Crippen LogP contribution is 2.00. The van der Waals surface area contributed by atoms with Gasteiger partial charge in [-0.25, -0.2) is 0 Å². The van der Waals surface area contributed by atoms with Gasteiger partial charge in [0.2, 0.25) is 11.8 Å². The van der Waals surface area contributed by atoms with Gasteiger partial charge in [0, 0.05) is 26.1 Å². The molecule has 0 bridgehead atoms. The van der Waals surface area contributed by atoms with Crippen molar-refractivity contribution in [3.05, 3.63) is 0 Å². The first-order chi connectivity index (χ1) is 8.52. The molecule has 0 saturated carbocycles. The van der Waals surface area contributed by atoms with Gasteiger partial charge in [-0.3, -0.25) is 9.59 Å². The Labute approximate surface area is 108 Å². The second-order valence-electron chi connectivity index (χ2n) is 4.80. The molecule has 0 aromatic carbocycles. The Morgan fingerprint density at radius 1 is 1.33 bits per heavy atom. The van der Waals surface area contributed by atoms with E-state index in [1.807, 2.05) is 13.8 Å². The highest BCUT2D eigenvalue weighted by atomic mass is 16.5. The molecule has 1 aliphatic heterocycles. The van der Waals surface area contributed by atoms with Crippen LogP contribution < -0.4 is 11.1 Å². The van der Waals surface area contributed by atoms with Crippen molar-refractivity contribution < 1.29 is 14.3 Å². The molecule has 18 heavy (non-hydrogen) atoms. The summed E-state index contributed by atoms with van der Waals surface area (Å²) in [6.45, 7) is 6.59. The number of nitrogens with one attached hydrogen (secondary N) is 1. The second kappa shape index (κ2) is 7.33. The summed E-state index contributed by atoms with van der Waals surface area (Å²) in [6.07, 6.45) is 0.316. The van der Waals surface area contributed by atoms with Crippen molar-refractivity contribution in [2.45, 2.75) is 26.3 Å². The number of hydrogen-bond acceptors (Lipinski definition) is 4. The van der Waals surface area contributed by atoms with Crippen molar-refractivity contribution in [3.8, 4) is 0 Å². The molecule has 0 radical (unpaired) electrons. The van der Waals surface area contributed by atoms with Crippen LogP contribution in [0.1, 0.15) is 20.3 Å². The van der Waals surface area contributed by atoms with Gasteiger partial charge in [-0.2, -0.15) is 0 Å². The number of nitrogens with two attached hydrogens (primary N) is 1. The summed E-state index contributed by atoms with van der Waals surface area (Å²) in [4.78, 5) is 25.1. The summed E-state index contributed by atoms with van der Waals surface area (Å²) in [7, 11) is 0. The molecule has 1 rings (SSSR count). The molecule has 2 amide bonds. The van der Waals surface area contributed by atoms with E-state index in [0.29, 0.717) is 39.3 Å². The van der Waals surface area contributed by atoms with Gasteiger partial charge < -0.3 is 20.7 Å². The van der Waals surface area contributed by atoms with Crippen LogP contribution in [0.25, 0.3) is 0 Å². The van der Waals surface area contributed by atoms with Crippen LogP contribution in [0.15, 0.2) is 0 Å². The van der Waals surface area contributed by atoms with E-state index in [9.17, 15) is 9.59 Å². The summed E-state index contributed by atoms with van der Waals surface area (Å²) in [5, 5.41) is 2.69. The van der Waals surface area contributed by atoms with Crippen LogP contribution in [0.3, 0.4) is 0 Å². The fraction of sp³-hybridized carbons (Fsp3) is 0.833. The summed E-state index contributed by atoms with van der Waals surface area (Å²) < 4.78 is 5.17. The van der Waals surface area contributed by atoms with Gasteiger partial charge in [-0.1, -0.05) is 13.8 Å². The lowest BCUT2D eigenvalue weighted by atomic mass is 10.1. The van der Waals surface area contributed by atoms with Crippen molar-refractivity contribution in [1.82, 2.24) is 10.2 Å². The molecule has 6 heteroatoms. The van der Waals surface area contributed by atoms with E-state index in [0.717, 1.165) is 0 Å². The molecule has 1 aliphatic rings. The molecule has 0 aliphatic carbocycles. The molecule has 6 nitrogen and oxygen atoms in total. The molecule has 1 saturated heterocycles. The number of carbonyl (C=O) groups is 2. The molecule has 1 fully saturated rings. The Kier molecular flexibility index (Phi) is 6.07. The quantitative estimate of drug-likeness (QED) is 0.684. The van der Waals surface area contributed by atoms with Crippen molar-refractivity contribution in [2.75, 3.05) is 32.8 Å². The SMILES string of the molecule is CC(C)[C@@H](N)C(=O)NCCC(=O)N1CCOCC1. The highest BCUT2D eigenvalue weighted by molar-refractivity contribution is 5.82. The van der Waals surface area contributed by atoms with Crippen LogP contribution in [-0.4, -0.2) is 55.6 Å². The van der Waals surface area contributed by atoms with E-state index >= 15 is 0 Å². The fourth-order valence-electron chi connectivity index (χ4n) is 1.68. The third kappa shape index (κ3) is 4.62. The number of nitrogens with zero attached hydrogens (tertiary/aromatic N) is 1. The number of ether oxygens (including phenoxy) is 1. The van der Waals surface area contributed by atoms with Crippen molar-refractivity contribution in [3.63, 3.8) is 0 Å². The lowest BCUT2D eigenvalue weighted by Gasteiger charge is -2.27. The van der Waals surface area contributed by atoms with E-state index in [2.05, 4.69) is 5.32 Å². The second-order valence-corrected chi connectivity index (χ2v) is 4.80. The van der Waals surface area contributed by atoms with Gasteiger partial charge in [0.05, 0.1) is 19.3 Å². The molecule has 0 aromatic rings. The smallest absolute Gasteiger partial charge is 0.237 e. The lowest BCUT2D eigenvalue weighted by Crippen LogP contribution is -2.46. The van der Waals surface area contributed by atoms with E-state index in [1.54, 1.807) is 4.90 Å². The first-order valence-corrected chi connectivity index (χ1v) is 6.41. The maximum Gasteiger partial charge on any atom is 0.237 e. The number of rotatable bonds is 5. The zero-order valence-corrected chi connectivity index (χ0v) is 11.1. The largest absolute Gasteiger partial charge is 0.378 e. The molecule has 3 N–H and O–H groups in total. The van der Waals surface area contributed by atoms with Gasteiger partial charge in [0.15, 0.2) is 0 Å². The Morgan fingerprint density at radius 2 is 1.94 bits per heavy atom. The Balaban J connectivity index is 2.20. The fourth-order valence-corrected chi connectivity index (χ4v) is 1.68. The molecule has 0 unspecified atom stereocenters. The predicted octanol–water partition coefficient (Wildman–Crippen LogP) is -0.665. The Hall–Kier alpha value is -1.14. The van der Waals surface area contributed by atoms with Gasteiger partial charge in [-0.15, -0.1) is 0 Å². The maximum absolute atomic E-state index is 11.8. The average molecular weight is 257 g/mol. The topological polar surface area (TPSA) is 84.7 Å². The summed E-state index contributed by atoms with van der Waals surface area (Å²) in [5.41, 5.74) is 5.70. The predicted molar refractivity (Wildman–Crippen MR) is 67.8 cm³/mol. The molecular formula is C12H23N3O3. The number of carbonyl (C=O) groups excluding carboxylic acids is 2. The number of hydrogen-bond donors (Lipinski definition) is 2. The molecular weight excluding hydrogens is 234 g/mol. The standard InChI is InChI=1S/C12H23N3O3/c1-9(2)11(13)12(17)14-4-3-10(16)15-5-7-18-8-6-15/h9,11H,3-8,13H2,1-2H3,(H,14,17)/t11-/m1/s1. The normalized spacial score (nSPS) is 17.7. The minimum atomic E-state index is -0.511. The van der Waals surface area contributed by atoms with Crippen LogP contribution in [0.2, 0.25) is 0 Å². The number of amides is 2. The third-order valence-corrected chi connectivity index (χ3v) is 3.02. The van der Waals surface area contributed by atoms with Gasteiger partial charge >= 0.3 is 0 Å². The van der Waals surface area contributed by atoms with Crippen molar-refractivity contribution >= 4 is 11.8 Å². The van der Waals surface area contributed by atoms with Crippen LogP contribution in [-0.2, 0) is 14.3 Å². The summed E-state index contributed by atoms with van der Waals surface area (Å²) in [6, 6.07) is -0.511. The van der Waals surface area contributed by atoms with E-state index in [-0.39, 0.29) is 17.7 Å². The van der Waals surface area contributed by atoms with Crippen LogP contribution in [0.4, 0.5) is 0 Å². The van der Waals surface area contributed by atoms with Crippen LogP contribution in [0.5, 0.6) is 0 Å². The first-order valence-electron chi connectivity index (χ1n) is 6.41. The Morgan fingerprint density at radius 3 is 2.50 bits per heavy atom. The highest BCUT2D eigenvalue weighted by Gasteiger charge is 2.19. The van der Waals surface area contributed by atoms with Gasteiger partial charge in [0.1, 0.15) is 0 Å². The summed E-state index contributed by atoms with van der Waals surface area (Å²) in [5.74, 6) is -0.0450. The average Bonchev–Trinajstić information content (AvgIpc) is 2.38. The minimum Gasteiger partial charge on any atom is -0.378 e. The van der Waals surface area contributed by atoms with Crippen LogP contribution >= 0.6 is 0 Å². The molecule has 0 spiro atoms. The summed E-state index contributed by atoms with van der Waals surface area (Å²) >= 11 is 0. The van der Waals surface area contributed by atoms with Crippen molar-refractivity contribution in [1.29, 1.82) is 0 Å². The van der Waals surface area contributed by atoms with E-state index < -0.39 is 6.04 Å². The first kappa shape index (κ1) is 14.9. The third-order valence-electron chi connectivity index (χ3n) is 3.02. The van der Waals surface area contributed by atoms with Crippen molar-refractivity contribution in [2.24, 2.45) is 11.7 Å². The molecule has 104 valence electrons.